The van der Waals surface area contributed by atoms with Gasteiger partial charge in [0.1, 0.15) is 6.10 Å². The minimum atomic E-state index is -1.58. The van der Waals surface area contributed by atoms with Gasteiger partial charge in [0.15, 0.2) is 12.4 Å². The van der Waals surface area contributed by atoms with Crippen LogP contribution in [0.3, 0.4) is 0 Å². The molecule has 2 fully saturated rings. The lowest BCUT2D eigenvalue weighted by molar-refractivity contribution is -0.0670. The Bertz CT molecular complexity index is 331. The molecule has 0 aromatic rings. The average Bonchev–Trinajstić information content (AvgIpc) is 2.61. The van der Waals surface area contributed by atoms with Gasteiger partial charge in [0.05, 0.1) is 12.3 Å². The third kappa shape index (κ3) is 2.17. The maximum atomic E-state index is 14.0. The first-order valence-corrected chi connectivity index (χ1v) is 6.26. The van der Waals surface area contributed by atoms with Crippen molar-refractivity contribution < 1.29 is 19.0 Å². The Morgan fingerprint density at radius 2 is 2.33 bits per heavy atom. The topological polar surface area (TPSA) is 87.8 Å². The molecule has 2 aliphatic heterocycles. The van der Waals surface area contributed by atoms with Crippen LogP contribution in [-0.2, 0) is 4.74 Å². The van der Waals surface area contributed by atoms with E-state index in [9.17, 15) is 14.3 Å². The summed E-state index contributed by atoms with van der Waals surface area (Å²) in [5.74, 6) is -0.00341. The van der Waals surface area contributed by atoms with E-state index >= 15 is 0 Å². The van der Waals surface area contributed by atoms with Crippen molar-refractivity contribution in [1.82, 2.24) is 10.2 Å². The van der Waals surface area contributed by atoms with Crippen LogP contribution in [0.25, 0.3) is 0 Å². The number of hydrogen-bond acceptors (Lipinski definition) is 4. The molecule has 2 saturated heterocycles. The Hall–Kier alpha value is -0.920. The van der Waals surface area contributed by atoms with Gasteiger partial charge in [0, 0.05) is 12.5 Å². The van der Waals surface area contributed by atoms with E-state index in [1.807, 2.05) is 6.92 Å². The lowest BCUT2D eigenvalue weighted by atomic mass is 10.0. The van der Waals surface area contributed by atoms with Gasteiger partial charge in [-0.05, 0) is 6.42 Å². The molecule has 0 aromatic heterocycles. The highest BCUT2D eigenvalue weighted by Gasteiger charge is 2.48. The highest BCUT2D eigenvalue weighted by Crippen LogP contribution is 2.30. The summed E-state index contributed by atoms with van der Waals surface area (Å²) < 4.78 is 19.4. The van der Waals surface area contributed by atoms with Gasteiger partial charge in [0.2, 0.25) is 0 Å². The number of carbonyl (C=O) groups excluding carboxylic acids is 1. The minimum Gasteiger partial charge on any atom is -0.387 e. The number of hydrogen-bond donors (Lipinski definition) is 3. The normalized spacial score (nSPS) is 45.2. The molecule has 4 N–H and O–H groups in total. The van der Waals surface area contributed by atoms with Crippen LogP contribution < -0.4 is 11.1 Å². The van der Waals surface area contributed by atoms with Crippen molar-refractivity contribution in [1.29, 1.82) is 0 Å². The predicted molar refractivity (Wildman–Crippen MR) is 62.2 cm³/mol. The number of aliphatic hydroxyl groups excluding tert-OH is 1. The maximum Gasteiger partial charge on any atom is 0.320 e. The van der Waals surface area contributed by atoms with Crippen molar-refractivity contribution in [2.45, 2.75) is 51.0 Å². The fourth-order valence-corrected chi connectivity index (χ4v) is 2.39. The second-order valence-electron chi connectivity index (χ2n) is 5.01. The van der Waals surface area contributed by atoms with Gasteiger partial charge >= 0.3 is 6.03 Å². The zero-order valence-electron chi connectivity index (χ0n) is 10.5. The minimum absolute atomic E-state index is 0.00341. The van der Waals surface area contributed by atoms with Crippen molar-refractivity contribution in [2.24, 2.45) is 11.7 Å². The Balaban J connectivity index is 2.10. The van der Waals surface area contributed by atoms with E-state index < -0.39 is 36.8 Å². The van der Waals surface area contributed by atoms with Crippen LogP contribution in [0.1, 0.15) is 20.3 Å². The van der Waals surface area contributed by atoms with E-state index in [0.717, 1.165) is 0 Å². The van der Waals surface area contributed by atoms with Gasteiger partial charge in [-0.15, -0.1) is 0 Å². The van der Waals surface area contributed by atoms with Crippen LogP contribution in [0.15, 0.2) is 0 Å². The standard InChI is InChI=1S/C11H20FN3O3/c1-3-6-8(16)7(12)10(18-6)15-4-5(2)9(13)14-11(15)17/h5-10,16H,3-4,13H2,1-2H3,(H,14,17)/t5-,6-,7-,8+,9+,10-/m0/s1/i12-1. The second kappa shape index (κ2) is 4.99. The van der Waals surface area contributed by atoms with Crippen molar-refractivity contribution in [3.63, 3.8) is 0 Å². The average molecular weight is 260 g/mol. The van der Waals surface area contributed by atoms with Gasteiger partial charge in [-0.1, -0.05) is 13.8 Å². The van der Waals surface area contributed by atoms with Crippen LogP contribution in [-0.4, -0.2) is 53.4 Å². The summed E-state index contributed by atoms with van der Waals surface area (Å²) in [6.07, 6.45) is -4.28. The SMILES string of the molecule is CC[C@@H]1O[C@H](N2C[C@H](C)[C@H](N)NC2=O)[C@@H]([18F])[C@@H]1O. The fourth-order valence-electron chi connectivity index (χ4n) is 2.39. The highest BCUT2D eigenvalue weighted by atomic mass is 18.2. The molecule has 0 bridgehead atoms. The summed E-state index contributed by atoms with van der Waals surface area (Å²) in [6.45, 7) is 3.99. The molecule has 18 heavy (non-hydrogen) atoms. The number of carbonyl (C=O) groups is 1. The number of urea groups is 1. The monoisotopic (exact) mass is 260 g/mol. The third-order valence-electron chi connectivity index (χ3n) is 3.65. The molecule has 7 heteroatoms. The van der Waals surface area contributed by atoms with E-state index in [1.54, 1.807) is 6.92 Å². The van der Waals surface area contributed by atoms with Crippen molar-refractivity contribution in [3.8, 4) is 0 Å². The van der Waals surface area contributed by atoms with E-state index in [4.69, 9.17) is 10.5 Å². The molecular weight excluding hydrogens is 240 g/mol. The number of aliphatic hydroxyl groups is 1. The molecule has 0 aliphatic carbocycles. The first kappa shape index (κ1) is 13.5. The smallest absolute Gasteiger partial charge is 0.320 e. The zero-order valence-corrected chi connectivity index (χ0v) is 10.5. The molecule has 6 nitrogen and oxygen atoms in total. The summed E-state index contributed by atoms with van der Waals surface area (Å²) in [4.78, 5) is 13.1. The van der Waals surface area contributed by atoms with Gasteiger partial charge in [-0.3, -0.25) is 4.90 Å². The molecule has 2 aliphatic rings. The van der Waals surface area contributed by atoms with Crippen LogP contribution in [0.5, 0.6) is 0 Å². The Kier molecular flexibility index (Phi) is 3.74. The number of nitrogens with one attached hydrogen (secondary N) is 1. The van der Waals surface area contributed by atoms with E-state index in [-0.39, 0.29) is 5.92 Å². The second-order valence-corrected chi connectivity index (χ2v) is 5.01. The lowest BCUT2D eigenvalue weighted by Crippen LogP contribution is -2.63. The lowest BCUT2D eigenvalue weighted by Gasteiger charge is -2.39. The first-order valence-electron chi connectivity index (χ1n) is 6.26. The molecule has 0 unspecified atom stereocenters. The molecule has 2 amide bonds. The van der Waals surface area contributed by atoms with Crippen LogP contribution in [0, 0.1) is 5.92 Å². The molecule has 0 radical (unpaired) electrons. The predicted octanol–water partition coefficient (Wildman–Crippen LogP) is -0.234. The van der Waals surface area contributed by atoms with Gasteiger partial charge < -0.3 is 20.9 Å². The summed E-state index contributed by atoms with van der Waals surface area (Å²) >= 11 is 0. The van der Waals surface area contributed by atoms with Crippen molar-refractivity contribution >= 4 is 6.03 Å². The molecule has 2 rings (SSSR count). The Morgan fingerprint density at radius 3 is 2.89 bits per heavy atom. The van der Waals surface area contributed by atoms with Crippen molar-refractivity contribution in [2.75, 3.05) is 6.54 Å². The number of ether oxygens (including phenoxy) is 1. The number of halogens is 1. The molecule has 0 saturated carbocycles. The summed E-state index contributed by atoms with van der Waals surface area (Å²) in [5.41, 5.74) is 5.70. The summed E-state index contributed by atoms with van der Waals surface area (Å²) in [6, 6.07) is -0.447. The quantitative estimate of drug-likeness (QED) is 0.640. The molecule has 0 spiro atoms. The summed E-state index contributed by atoms with van der Waals surface area (Å²) in [7, 11) is 0. The van der Waals surface area contributed by atoms with Gasteiger partial charge in [-0.25, -0.2) is 9.18 Å². The highest BCUT2D eigenvalue weighted by molar-refractivity contribution is 5.75. The zero-order chi connectivity index (χ0) is 13.4. The Labute approximate surface area is 105 Å². The number of amides is 2. The largest absolute Gasteiger partial charge is 0.387 e. The molecular formula is C11H20FN3O3. The van der Waals surface area contributed by atoms with E-state index in [0.29, 0.717) is 13.0 Å². The Morgan fingerprint density at radius 1 is 1.67 bits per heavy atom. The van der Waals surface area contributed by atoms with Crippen LogP contribution >= 0.6 is 0 Å². The maximum absolute atomic E-state index is 14.0. The van der Waals surface area contributed by atoms with E-state index in [2.05, 4.69) is 5.32 Å². The first-order chi connectivity index (χ1) is 8.45. The number of rotatable bonds is 2. The van der Waals surface area contributed by atoms with Crippen LogP contribution in [0.2, 0.25) is 0 Å². The fraction of sp³-hybridized carbons (Fsp3) is 0.909. The molecule has 6 atom stereocenters. The number of nitrogens with two attached hydrogens (primary N) is 1. The molecule has 2 heterocycles. The third-order valence-corrected chi connectivity index (χ3v) is 3.65. The number of nitrogens with zero attached hydrogens (tertiary/aromatic N) is 1. The number of alkyl halides is 1. The van der Waals surface area contributed by atoms with E-state index in [1.165, 1.54) is 4.90 Å². The van der Waals surface area contributed by atoms with Crippen molar-refractivity contribution in [3.05, 3.63) is 0 Å². The molecule has 0 aromatic carbocycles. The summed E-state index contributed by atoms with van der Waals surface area (Å²) in [5, 5.41) is 12.2. The van der Waals surface area contributed by atoms with Gasteiger partial charge in [0.25, 0.3) is 0 Å². The van der Waals surface area contributed by atoms with Crippen LogP contribution in [0.4, 0.5) is 9.18 Å². The van der Waals surface area contributed by atoms with Gasteiger partial charge in [-0.2, -0.15) is 0 Å². The molecule has 104 valence electrons.